The van der Waals surface area contributed by atoms with Gasteiger partial charge in [-0.3, -0.25) is 9.69 Å². The Morgan fingerprint density at radius 2 is 1.73 bits per heavy atom. The number of benzene rings is 1. The number of hydrogen-bond acceptors (Lipinski definition) is 4. The second kappa shape index (κ2) is 6.36. The van der Waals surface area contributed by atoms with Crippen molar-refractivity contribution in [3.63, 3.8) is 0 Å². The van der Waals surface area contributed by atoms with Gasteiger partial charge in [0.15, 0.2) is 5.79 Å². The molecule has 0 bridgehead atoms. The van der Waals surface area contributed by atoms with E-state index in [4.69, 9.17) is 9.47 Å². The number of likely N-dealkylation sites (N-methyl/N-ethyl adjacent to an activating group) is 1. The Kier molecular flexibility index (Phi) is 4.47. The minimum atomic E-state index is -0.433. The van der Waals surface area contributed by atoms with Crippen molar-refractivity contribution in [1.82, 2.24) is 9.80 Å². The van der Waals surface area contributed by atoms with Crippen molar-refractivity contribution in [2.24, 2.45) is 0 Å². The quantitative estimate of drug-likeness (QED) is 0.851. The van der Waals surface area contributed by atoms with Crippen molar-refractivity contribution in [1.29, 1.82) is 0 Å². The fourth-order valence-corrected chi connectivity index (χ4v) is 3.32. The van der Waals surface area contributed by atoms with Gasteiger partial charge in [-0.2, -0.15) is 0 Å². The van der Waals surface area contributed by atoms with Crippen LogP contribution in [0.25, 0.3) is 0 Å². The van der Waals surface area contributed by atoms with Crippen LogP contribution in [0, 0.1) is 0 Å². The summed E-state index contributed by atoms with van der Waals surface area (Å²) in [7, 11) is 3.90. The van der Waals surface area contributed by atoms with E-state index in [9.17, 15) is 4.79 Å². The zero-order valence-corrected chi connectivity index (χ0v) is 13.3. The van der Waals surface area contributed by atoms with Crippen molar-refractivity contribution in [3.8, 4) is 0 Å². The number of nitrogens with zero attached hydrogens (tertiary/aromatic N) is 2. The van der Waals surface area contributed by atoms with Gasteiger partial charge >= 0.3 is 0 Å². The topological polar surface area (TPSA) is 42.0 Å². The molecule has 0 N–H and O–H groups in total. The first kappa shape index (κ1) is 15.5. The van der Waals surface area contributed by atoms with Gasteiger partial charge in [0.25, 0.3) is 0 Å². The van der Waals surface area contributed by atoms with E-state index in [2.05, 4.69) is 0 Å². The van der Waals surface area contributed by atoms with Gasteiger partial charge in [-0.15, -0.1) is 0 Å². The predicted octanol–water partition coefficient (Wildman–Crippen LogP) is 1.65. The normalized spacial score (nSPS) is 22.2. The molecular formula is C17H24N2O3. The molecular weight excluding hydrogens is 280 g/mol. The van der Waals surface area contributed by atoms with Crippen LogP contribution in [0.3, 0.4) is 0 Å². The van der Waals surface area contributed by atoms with Crippen molar-refractivity contribution in [2.45, 2.75) is 24.7 Å². The molecule has 2 fully saturated rings. The molecule has 1 aromatic rings. The zero-order valence-electron chi connectivity index (χ0n) is 13.3. The molecule has 22 heavy (non-hydrogen) atoms. The lowest BCUT2D eigenvalue weighted by Gasteiger charge is -2.39. The molecule has 3 rings (SSSR count). The summed E-state index contributed by atoms with van der Waals surface area (Å²) in [4.78, 5) is 16.9. The highest BCUT2D eigenvalue weighted by Crippen LogP contribution is 2.32. The predicted molar refractivity (Wildman–Crippen MR) is 83.3 cm³/mol. The molecule has 1 amide bonds. The molecule has 0 aliphatic carbocycles. The summed E-state index contributed by atoms with van der Waals surface area (Å²) in [6.07, 6.45) is 1.52. The minimum absolute atomic E-state index is 0.157. The Bertz CT molecular complexity index is 502. The Morgan fingerprint density at radius 3 is 2.27 bits per heavy atom. The molecule has 5 nitrogen and oxygen atoms in total. The summed E-state index contributed by atoms with van der Waals surface area (Å²) in [5.41, 5.74) is 1.03. The second-order valence-corrected chi connectivity index (χ2v) is 6.21. The highest BCUT2D eigenvalue weighted by Gasteiger charge is 2.42. The molecule has 1 atom stereocenters. The van der Waals surface area contributed by atoms with Crippen LogP contribution in [0.4, 0.5) is 0 Å². The van der Waals surface area contributed by atoms with E-state index >= 15 is 0 Å². The van der Waals surface area contributed by atoms with Crippen LogP contribution < -0.4 is 0 Å². The third kappa shape index (κ3) is 3.02. The fraction of sp³-hybridized carbons (Fsp3) is 0.588. The lowest BCUT2D eigenvalue weighted by molar-refractivity contribution is -0.188. The number of amides is 1. The molecule has 2 heterocycles. The van der Waals surface area contributed by atoms with E-state index in [0.29, 0.717) is 26.3 Å². The lowest BCUT2D eigenvalue weighted by Crippen LogP contribution is -2.50. The summed E-state index contributed by atoms with van der Waals surface area (Å²) >= 11 is 0. The average molecular weight is 304 g/mol. The van der Waals surface area contributed by atoms with Gasteiger partial charge in [-0.25, -0.2) is 0 Å². The molecule has 0 saturated carbocycles. The number of hydrogen-bond donors (Lipinski definition) is 0. The number of carbonyl (C=O) groups excluding carboxylic acids is 1. The van der Waals surface area contributed by atoms with Crippen LogP contribution >= 0.6 is 0 Å². The molecule has 1 spiro atoms. The summed E-state index contributed by atoms with van der Waals surface area (Å²) < 4.78 is 11.5. The van der Waals surface area contributed by atoms with Gasteiger partial charge in [0.1, 0.15) is 6.04 Å². The number of likely N-dealkylation sites (tertiary alicyclic amines) is 1. The van der Waals surface area contributed by atoms with Gasteiger partial charge in [0, 0.05) is 25.9 Å². The van der Waals surface area contributed by atoms with E-state index < -0.39 is 5.79 Å². The number of carbonyl (C=O) groups is 1. The first-order chi connectivity index (χ1) is 10.6. The Labute approximate surface area is 131 Å². The van der Waals surface area contributed by atoms with E-state index in [1.807, 2.05) is 54.2 Å². The molecule has 2 aliphatic heterocycles. The fourth-order valence-electron chi connectivity index (χ4n) is 3.32. The first-order valence-corrected chi connectivity index (χ1v) is 7.89. The van der Waals surface area contributed by atoms with Crippen LogP contribution in [0.15, 0.2) is 30.3 Å². The van der Waals surface area contributed by atoms with E-state index in [0.717, 1.165) is 18.4 Å². The maximum absolute atomic E-state index is 12.9. The van der Waals surface area contributed by atoms with Crippen molar-refractivity contribution in [3.05, 3.63) is 35.9 Å². The van der Waals surface area contributed by atoms with Crippen LogP contribution in [-0.4, -0.2) is 61.9 Å². The monoisotopic (exact) mass is 304 g/mol. The summed E-state index contributed by atoms with van der Waals surface area (Å²) in [6, 6.07) is 9.71. The molecule has 120 valence electrons. The van der Waals surface area contributed by atoms with Crippen molar-refractivity contribution < 1.29 is 14.3 Å². The average Bonchev–Trinajstić information content (AvgIpc) is 2.97. The highest BCUT2D eigenvalue weighted by molar-refractivity contribution is 5.83. The Hall–Kier alpha value is -1.43. The van der Waals surface area contributed by atoms with Gasteiger partial charge in [0.2, 0.25) is 5.91 Å². The van der Waals surface area contributed by atoms with E-state index in [-0.39, 0.29) is 11.9 Å². The van der Waals surface area contributed by atoms with Crippen molar-refractivity contribution >= 4 is 5.91 Å². The second-order valence-electron chi connectivity index (χ2n) is 6.21. The van der Waals surface area contributed by atoms with E-state index in [1.54, 1.807) is 0 Å². The van der Waals surface area contributed by atoms with Gasteiger partial charge in [-0.1, -0.05) is 30.3 Å². The molecule has 0 radical (unpaired) electrons. The van der Waals surface area contributed by atoms with Crippen molar-refractivity contribution in [2.75, 3.05) is 40.4 Å². The smallest absolute Gasteiger partial charge is 0.244 e. The Balaban J connectivity index is 1.69. The third-order valence-electron chi connectivity index (χ3n) is 4.52. The van der Waals surface area contributed by atoms with Gasteiger partial charge < -0.3 is 14.4 Å². The summed E-state index contributed by atoms with van der Waals surface area (Å²) in [5, 5.41) is 0. The molecule has 1 unspecified atom stereocenters. The first-order valence-electron chi connectivity index (χ1n) is 7.89. The molecule has 2 saturated heterocycles. The van der Waals surface area contributed by atoms with Crippen LogP contribution in [0.2, 0.25) is 0 Å². The molecule has 2 aliphatic rings. The molecule has 0 aromatic heterocycles. The maximum Gasteiger partial charge on any atom is 0.244 e. The number of ether oxygens (including phenoxy) is 2. The lowest BCUT2D eigenvalue weighted by atomic mass is 10.00. The standard InChI is InChI=1S/C17H24N2O3/c1-18(2)15(14-6-4-3-5-7-14)16(20)19-10-8-17(9-11-19)21-12-13-22-17/h3-7,15H,8-13H2,1-2H3. The van der Waals surface area contributed by atoms with E-state index in [1.165, 1.54) is 0 Å². The Morgan fingerprint density at radius 1 is 1.14 bits per heavy atom. The molecule has 1 aromatic carbocycles. The van der Waals surface area contributed by atoms with Gasteiger partial charge in [-0.05, 0) is 19.7 Å². The largest absolute Gasteiger partial charge is 0.347 e. The minimum Gasteiger partial charge on any atom is -0.347 e. The van der Waals surface area contributed by atoms with Crippen LogP contribution in [0.5, 0.6) is 0 Å². The zero-order chi connectivity index (χ0) is 15.6. The van der Waals surface area contributed by atoms with Crippen LogP contribution in [-0.2, 0) is 14.3 Å². The third-order valence-corrected chi connectivity index (χ3v) is 4.52. The SMILES string of the molecule is CN(C)C(C(=O)N1CCC2(CC1)OCCO2)c1ccccc1. The summed E-state index contributed by atoms with van der Waals surface area (Å²) in [6.45, 7) is 2.71. The van der Waals surface area contributed by atoms with Gasteiger partial charge in [0.05, 0.1) is 13.2 Å². The number of rotatable bonds is 3. The van der Waals surface area contributed by atoms with Crippen LogP contribution in [0.1, 0.15) is 24.4 Å². The summed E-state index contributed by atoms with van der Waals surface area (Å²) in [5.74, 6) is -0.277. The highest BCUT2D eigenvalue weighted by atomic mass is 16.7. The number of piperidine rings is 1. The molecule has 5 heteroatoms. The maximum atomic E-state index is 12.9.